The van der Waals surface area contributed by atoms with Crippen LogP contribution in [-0.2, 0) is 118 Å². The van der Waals surface area contributed by atoms with E-state index in [1.165, 1.54) is 6.92 Å². The number of nitrogens with one attached hydrogen (secondary N) is 1. The molecule has 16 atom stereocenters. The first-order chi connectivity index (χ1) is 38.7. The van der Waals surface area contributed by atoms with E-state index in [1.807, 2.05) is 55.4 Å². The second-order valence-electron chi connectivity index (χ2n) is 22.3. The fourth-order valence-electron chi connectivity index (χ4n) is 11.2. The van der Waals surface area contributed by atoms with E-state index in [0.29, 0.717) is 0 Å². The summed E-state index contributed by atoms with van der Waals surface area (Å²) in [4.78, 5) is 117. The molecule has 4 aliphatic rings. The summed E-state index contributed by atoms with van der Waals surface area (Å²) in [5.74, 6) is -11.8. The molecule has 0 aromatic rings. The number of amides is 1. The molecule has 1 aliphatic carbocycles. The van der Waals surface area contributed by atoms with Crippen LogP contribution in [-0.4, -0.2) is 201 Å². The largest absolute Gasteiger partial charge is 0.465 e. The molecule has 3 aliphatic heterocycles. The monoisotopic (exact) mass is 1220 g/mol. The minimum atomic E-state index is -3.41. The zero-order valence-electron chi connectivity index (χ0n) is 50.7. The maximum atomic E-state index is 14.6. The lowest BCUT2D eigenvalue weighted by Crippen LogP contribution is -2.69. The summed E-state index contributed by atoms with van der Waals surface area (Å²) in [5, 5.41) is 15.7. The lowest BCUT2D eigenvalue weighted by Gasteiger charge is -2.51. The van der Waals surface area contributed by atoms with Gasteiger partial charge in [0.2, 0.25) is 5.91 Å². The van der Waals surface area contributed by atoms with Crippen molar-refractivity contribution in [1.82, 2.24) is 5.32 Å². The number of aliphatic hydroxyl groups excluding tert-OH is 1. The Bertz CT molecular complexity index is 2280. The molecule has 472 valence electrons. The van der Waals surface area contributed by atoms with Gasteiger partial charge in [0.25, 0.3) is 5.79 Å². The highest BCUT2D eigenvalue weighted by Gasteiger charge is 2.66. The van der Waals surface area contributed by atoms with Gasteiger partial charge < -0.3 is 85.0 Å². The van der Waals surface area contributed by atoms with E-state index in [9.17, 15) is 48.3 Å². The molecule has 1 amide bonds. The lowest BCUT2D eigenvalue weighted by molar-refractivity contribution is -0.372. The first kappa shape index (κ1) is 70.5. The van der Waals surface area contributed by atoms with Crippen molar-refractivity contribution in [2.45, 2.75) is 237 Å². The summed E-state index contributed by atoms with van der Waals surface area (Å²) >= 11 is 0. The molecule has 0 radical (unpaired) electrons. The van der Waals surface area contributed by atoms with Crippen LogP contribution in [0.15, 0.2) is 12.7 Å². The van der Waals surface area contributed by atoms with Gasteiger partial charge in [-0.15, -0.1) is 6.58 Å². The van der Waals surface area contributed by atoms with Crippen molar-refractivity contribution in [3.05, 3.63) is 12.7 Å². The van der Waals surface area contributed by atoms with E-state index in [4.69, 9.17) is 74.5 Å². The Kier molecular flexibility index (Phi) is 25.8. The van der Waals surface area contributed by atoms with Crippen LogP contribution in [0.5, 0.6) is 0 Å². The second-order valence-corrected chi connectivity index (χ2v) is 31.1. The average Bonchev–Trinajstić information content (AvgIpc) is 3.76. The van der Waals surface area contributed by atoms with Crippen molar-refractivity contribution in [2.24, 2.45) is 5.92 Å². The highest BCUT2D eigenvalue weighted by Crippen LogP contribution is 2.51. The van der Waals surface area contributed by atoms with E-state index < -0.39 is 188 Å². The SMILES string of the molecule is C=CCO[C@@H]1C[C@H](CO[C@]2(C(=O)OC)C[C@@H](O)[C@@H](O[C@H]3O[C@H]([C@H](COC(C)=O)OC(C)=O)[C@@H](OC(C)=O)[C@H](OC(C)=O)[C@@H]3OC(C)=O)[C@@H]([C@@H](COC(C)=O)OC(C)=O)O2)[C@H]2O[Si](C(C)C)(C(C)C)O[Si](C(C)C)(C(C)C)O[C@@H]2[C@H]1NC(C)=O. The molecule has 0 aromatic carbocycles. The smallest absolute Gasteiger partial charge is 0.366 e. The van der Waals surface area contributed by atoms with Gasteiger partial charge in [-0.05, 0) is 28.6 Å². The average molecular weight is 1220 g/mol. The molecule has 0 bridgehead atoms. The summed E-state index contributed by atoms with van der Waals surface area (Å²) < 4.78 is 99.2. The van der Waals surface area contributed by atoms with E-state index in [-0.39, 0.29) is 41.1 Å². The van der Waals surface area contributed by atoms with Crippen molar-refractivity contribution in [2.75, 3.05) is 33.5 Å². The number of fused-ring (bicyclic) bond motifs is 1. The van der Waals surface area contributed by atoms with Crippen molar-refractivity contribution >= 4 is 70.8 Å². The molecular formula is C54H87NO26Si2. The van der Waals surface area contributed by atoms with Gasteiger partial charge in [-0.1, -0.05) is 61.5 Å². The number of esters is 8. The number of aliphatic hydroxyl groups is 1. The number of carbonyl (C=O) groups is 9. The lowest BCUT2D eigenvalue weighted by atomic mass is 9.79. The molecule has 83 heavy (non-hydrogen) atoms. The molecule has 4 fully saturated rings. The van der Waals surface area contributed by atoms with Crippen LogP contribution in [0.4, 0.5) is 0 Å². The fourth-order valence-corrected chi connectivity index (χ4v) is 22.6. The highest BCUT2D eigenvalue weighted by atomic mass is 28.5. The van der Waals surface area contributed by atoms with Crippen LogP contribution in [0.2, 0.25) is 22.2 Å². The van der Waals surface area contributed by atoms with Crippen LogP contribution in [0.25, 0.3) is 0 Å². The van der Waals surface area contributed by atoms with Crippen molar-refractivity contribution in [1.29, 1.82) is 0 Å². The third kappa shape index (κ3) is 17.6. The Morgan fingerprint density at radius 2 is 1.13 bits per heavy atom. The molecule has 0 unspecified atom stereocenters. The van der Waals surface area contributed by atoms with Gasteiger partial charge in [0.1, 0.15) is 31.5 Å². The zero-order valence-corrected chi connectivity index (χ0v) is 52.7. The van der Waals surface area contributed by atoms with Crippen molar-refractivity contribution < 1.29 is 123 Å². The third-order valence-electron chi connectivity index (χ3n) is 14.6. The summed E-state index contributed by atoms with van der Waals surface area (Å²) in [7, 11) is -5.75. The van der Waals surface area contributed by atoms with E-state index in [2.05, 4.69) is 11.9 Å². The quantitative estimate of drug-likeness (QED) is 0.0573. The molecular weight excluding hydrogens is 1130 g/mol. The Labute approximate surface area is 486 Å². The van der Waals surface area contributed by atoms with Gasteiger partial charge in [-0.25, -0.2) is 4.79 Å². The van der Waals surface area contributed by atoms with Gasteiger partial charge in [0.05, 0.1) is 50.8 Å². The maximum Gasteiger partial charge on any atom is 0.366 e. The van der Waals surface area contributed by atoms with Crippen LogP contribution in [0, 0.1) is 5.92 Å². The van der Waals surface area contributed by atoms with Crippen molar-refractivity contribution in [3.63, 3.8) is 0 Å². The zero-order chi connectivity index (χ0) is 62.6. The van der Waals surface area contributed by atoms with E-state index in [0.717, 1.165) is 55.6 Å². The molecule has 2 N–H and O–H groups in total. The number of hydrogen-bond acceptors (Lipinski definition) is 26. The van der Waals surface area contributed by atoms with Crippen LogP contribution < -0.4 is 5.32 Å². The van der Waals surface area contributed by atoms with Gasteiger partial charge in [-0.2, -0.15) is 0 Å². The third-order valence-corrected chi connectivity index (χ3v) is 24.9. The molecule has 0 aromatic heterocycles. The summed E-state index contributed by atoms with van der Waals surface area (Å²) in [5.41, 5.74) is -0.571. The Balaban J connectivity index is 1.99. The number of carbonyl (C=O) groups excluding carboxylic acids is 9. The molecule has 4 rings (SSSR count). The maximum absolute atomic E-state index is 14.6. The first-order valence-electron chi connectivity index (χ1n) is 27.8. The second kappa shape index (κ2) is 30.4. The molecule has 3 heterocycles. The Morgan fingerprint density at radius 1 is 0.651 bits per heavy atom. The van der Waals surface area contributed by atoms with Gasteiger partial charge in [0, 0.05) is 67.7 Å². The molecule has 27 nitrogen and oxygen atoms in total. The summed E-state index contributed by atoms with van der Waals surface area (Å²) in [6.07, 6.45) is -20.8. The topological polar surface area (TPSA) is 334 Å². The van der Waals surface area contributed by atoms with Gasteiger partial charge in [0.15, 0.2) is 36.8 Å². The molecule has 29 heteroatoms. The predicted octanol–water partition coefficient (Wildman–Crippen LogP) is 3.34. The number of rotatable bonds is 25. The van der Waals surface area contributed by atoms with Crippen LogP contribution in [0.3, 0.4) is 0 Å². The minimum Gasteiger partial charge on any atom is -0.465 e. The summed E-state index contributed by atoms with van der Waals surface area (Å²) in [6.45, 7) is 26.6. The van der Waals surface area contributed by atoms with E-state index >= 15 is 0 Å². The van der Waals surface area contributed by atoms with Crippen LogP contribution >= 0.6 is 0 Å². The van der Waals surface area contributed by atoms with Gasteiger partial charge >= 0.3 is 64.9 Å². The van der Waals surface area contributed by atoms with Crippen molar-refractivity contribution in [3.8, 4) is 0 Å². The predicted molar refractivity (Wildman–Crippen MR) is 289 cm³/mol. The Hall–Kier alpha value is -4.96. The minimum absolute atomic E-state index is 0.0490. The normalized spacial score (nSPS) is 31.0. The first-order valence-corrected chi connectivity index (χ1v) is 31.7. The molecule has 1 saturated carbocycles. The fraction of sp³-hybridized carbons (Fsp3) is 0.796. The Morgan fingerprint density at radius 3 is 1.58 bits per heavy atom. The number of ether oxygens (including phenoxy) is 13. The van der Waals surface area contributed by atoms with Gasteiger partial charge in [-0.3, -0.25) is 38.4 Å². The van der Waals surface area contributed by atoms with Crippen LogP contribution in [0.1, 0.15) is 124 Å². The molecule has 0 spiro atoms. The number of hydrogen-bond donors (Lipinski definition) is 2. The van der Waals surface area contributed by atoms with E-state index in [1.54, 1.807) is 6.08 Å². The number of methoxy groups -OCH3 is 1. The standard InChI is InChI=1S/C54H87NO26Si2/c1-19-20-67-40-21-38(44-48(43(40)55-30(10)56)80-83(28(6)7,29(8)9)81-82(79-44,26(2)3)27(4)5)23-70-54(53(65)66-18)22-39(64)45(47(78-54)42(72-34(14)60)25-69-32(12)58)76-52-51(75-37(17)63)50(74-36(16)62)49(73-35(15)61)46(77-52)41(71-33(13)59)24-68-31(11)57/h19,26-29,38-52,64H,1,20-25H2,2-18H3,(H,55,56)/t38-,39-,40-,41+,42-,43+,44-,45-,46-,47-,48-,49-,50+,51+,52+,54-/m1/s1. The molecule has 3 saturated heterocycles. The summed E-state index contributed by atoms with van der Waals surface area (Å²) in [6, 6.07) is -0.811. The highest BCUT2D eigenvalue weighted by molar-refractivity contribution is 6.84.